The number of rotatable bonds is 8. The van der Waals surface area contributed by atoms with E-state index >= 15 is 0 Å². The SMILES string of the molecule is PCC1C2CC3CC(C2)CC1(c1cc(-c2ccccc2)c(-c2ccccc2)cc1CP(C1CCCNC1)C1CCCNC1)C3. The Labute approximate surface area is 269 Å². The van der Waals surface area contributed by atoms with E-state index < -0.39 is 0 Å². The summed E-state index contributed by atoms with van der Waals surface area (Å²) in [5.41, 5.74) is 11.2. The summed E-state index contributed by atoms with van der Waals surface area (Å²) in [7, 11) is 3.12. The van der Waals surface area contributed by atoms with Crippen molar-refractivity contribution in [2.75, 3.05) is 32.3 Å². The molecule has 0 aromatic heterocycles. The minimum Gasteiger partial charge on any atom is -0.316 e. The smallest absolute Gasteiger partial charge is 0.00191 e. The van der Waals surface area contributed by atoms with E-state index in [0.29, 0.717) is 5.41 Å². The number of hydrogen-bond acceptors (Lipinski definition) is 2. The third-order valence-electron chi connectivity index (χ3n) is 12.6. The molecule has 44 heavy (non-hydrogen) atoms. The standard InChI is InChI=1S/C40H52N2P2/c43-26-39-32-18-28-17-29(19-32)23-40(39,22-28)38-21-37(31-11-5-2-6-12-31)36(30-9-3-1-4-10-30)20-33(38)27-44(34-13-7-15-41-24-34)35-14-8-16-42-25-35/h1-6,9-12,20-21,28-29,32,34-35,39,41-42H,7-8,13-19,22-27,43H2. The van der Waals surface area contributed by atoms with E-state index in [1.165, 1.54) is 119 Å². The Morgan fingerprint density at radius 2 is 1.30 bits per heavy atom. The second-order valence-corrected chi connectivity index (χ2v) is 18.3. The van der Waals surface area contributed by atoms with Crippen LogP contribution < -0.4 is 10.6 Å². The fraction of sp³-hybridized carbons (Fsp3) is 0.550. The van der Waals surface area contributed by atoms with Crippen LogP contribution in [0.4, 0.5) is 0 Å². The molecule has 2 aliphatic heterocycles. The van der Waals surface area contributed by atoms with Gasteiger partial charge in [0.15, 0.2) is 0 Å². The van der Waals surface area contributed by atoms with Gasteiger partial charge in [-0.3, -0.25) is 0 Å². The van der Waals surface area contributed by atoms with E-state index in [1.54, 1.807) is 11.1 Å². The van der Waals surface area contributed by atoms with Gasteiger partial charge >= 0.3 is 0 Å². The highest BCUT2D eigenvalue weighted by atomic mass is 31.1. The van der Waals surface area contributed by atoms with Gasteiger partial charge in [0.05, 0.1) is 0 Å². The molecule has 6 atom stereocenters. The van der Waals surface area contributed by atoms with Gasteiger partial charge in [0, 0.05) is 13.1 Å². The molecule has 0 amide bonds. The van der Waals surface area contributed by atoms with Crippen molar-refractivity contribution in [2.24, 2.45) is 23.7 Å². The van der Waals surface area contributed by atoms with Crippen molar-refractivity contribution in [3.05, 3.63) is 83.9 Å². The molecule has 2 nitrogen and oxygen atoms in total. The zero-order valence-electron chi connectivity index (χ0n) is 26.5. The van der Waals surface area contributed by atoms with Gasteiger partial charge in [0.1, 0.15) is 0 Å². The zero-order valence-corrected chi connectivity index (χ0v) is 28.6. The first-order valence-corrected chi connectivity index (χ1v) is 20.4. The Bertz CT molecular complexity index is 1380. The minimum absolute atomic E-state index is 0.125. The Morgan fingerprint density at radius 3 is 1.82 bits per heavy atom. The Hall–Kier alpha value is -1.56. The molecule has 3 aromatic carbocycles. The monoisotopic (exact) mass is 622 g/mol. The van der Waals surface area contributed by atoms with Crippen LogP contribution >= 0.6 is 17.2 Å². The molecular formula is C40H52N2P2. The number of benzene rings is 3. The lowest BCUT2D eigenvalue weighted by Gasteiger charge is -2.62. The van der Waals surface area contributed by atoms with Crippen molar-refractivity contribution in [2.45, 2.75) is 80.7 Å². The molecule has 4 saturated carbocycles. The van der Waals surface area contributed by atoms with Crippen LogP contribution in [0.15, 0.2) is 72.8 Å². The van der Waals surface area contributed by atoms with E-state index in [2.05, 4.69) is 92.7 Å². The highest BCUT2D eigenvalue weighted by molar-refractivity contribution is 7.58. The Kier molecular flexibility index (Phi) is 8.75. The zero-order chi connectivity index (χ0) is 29.5. The third-order valence-corrected chi connectivity index (χ3v) is 16.5. The summed E-state index contributed by atoms with van der Waals surface area (Å²) in [6.07, 6.45) is 15.5. The van der Waals surface area contributed by atoms with Crippen molar-refractivity contribution < 1.29 is 0 Å². The van der Waals surface area contributed by atoms with Crippen molar-refractivity contribution in [3.8, 4) is 22.3 Å². The molecule has 232 valence electrons. The normalized spacial score (nSPS) is 33.8. The summed E-state index contributed by atoms with van der Waals surface area (Å²) in [6.45, 7) is 4.88. The molecule has 2 saturated heterocycles. The summed E-state index contributed by atoms with van der Waals surface area (Å²) < 4.78 is 0. The van der Waals surface area contributed by atoms with E-state index in [0.717, 1.165) is 35.0 Å². The molecule has 9 rings (SSSR count). The minimum atomic E-state index is -0.125. The second kappa shape index (κ2) is 12.9. The van der Waals surface area contributed by atoms with Crippen molar-refractivity contribution >= 4 is 17.2 Å². The first-order chi connectivity index (χ1) is 21.7. The number of nitrogens with one attached hydrogen (secondary N) is 2. The van der Waals surface area contributed by atoms with Crippen LogP contribution in [0.5, 0.6) is 0 Å². The van der Waals surface area contributed by atoms with Crippen LogP contribution in [0.1, 0.15) is 68.9 Å². The van der Waals surface area contributed by atoms with E-state index in [9.17, 15) is 0 Å². The molecule has 6 fully saturated rings. The second-order valence-electron chi connectivity index (χ2n) is 15.1. The van der Waals surface area contributed by atoms with Crippen molar-refractivity contribution in [1.82, 2.24) is 10.6 Å². The van der Waals surface area contributed by atoms with Gasteiger partial charge in [-0.1, -0.05) is 68.6 Å². The molecule has 4 bridgehead atoms. The van der Waals surface area contributed by atoms with Gasteiger partial charge < -0.3 is 10.6 Å². The van der Waals surface area contributed by atoms with Crippen LogP contribution in [0.25, 0.3) is 22.3 Å². The summed E-state index contributed by atoms with van der Waals surface area (Å²) in [5.74, 6) is 3.61. The van der Waals surface area contributed by atoms with E-state index in [1.807, 2.05) is 0 Å². The summed E-state index contributed by atoms with van der Waals surface area (Å²) in [6, 6.07) is 28.2. The number of piperidine rings is 2. The molecule has 2 heterocycles. The lowest BCUT2D eigenvalue weighted by Crippen LogP contribution is -2.56. The average Bonchev–Trinajstić information content (AvgIpc) is 3.08. The van der Waals surface area contributed by atoms with Gasteiger partial charge in [-0.2, -0.15) is 0 Å². The lowest BCUT2D eigenvalue weighted by atomic mass is 9.43. The predicted molar refractivity (Wildman–Crippen MR) is 193 cm³/mol. The van der Waals surface area contributed by atoms with Crippen molar-refractivity contribution in [3.63, 3.8) is 0 Å². The molecule has 2 N–H and O–H groups in total. The third kappa shape index (κ3) is 5.55. The van der Waals surface area contributed by atoms with Crippen LogP contribution in [0.2, 0.25) is 0 Å². The average molecular weight is 623 g/mol. The van der Waals surface area contributed by atoms with Crippen LogP contribution in [-0.2, 0) is 11.6 Å². The largest absolute Gasteiger partial charge is 0.316 e. The van der Waals surface area contributed by atoms with Gasteiger partial charge in [-0.25, -0.2) is 0 Å². The molecule has 0 spiro atoms. The maximum absolute atomic E-state index is 3.84. The molecule has 4 heteroatoms. The van der Waals surface area contributed by atoms with E-state index in [4.69, 9.17) is 0 Å². The Morgan fingerprint density at radius 1 is 0.727 bits per heavy atom. The molecule has 3 aromatic rings. The van der Waals surface area contributed by atoms with Crippen LogP contribution in [0.3, 0.4) is 0 Å². The Balaban J connectivity index is 1.32. The molecule has 6 unspecified atom stereocenters. The fourth-order valence-corrected chi connectivity index (χ4v) is 15.3. The highest BCUT2D eigenvalue weighted by Crippen LogP contribution is 2.65. The van der Waals surface area contributed by atoms with Crippen molar-refractivity contribution in [1.29, 1.82) is 0 Å². The van der Waals surface area contributed by atoms with Gasteiger partial charge in [0.2, 0.25) is 0 Å². The maximum atomic E-state index is 3.84. The van der Waals surface area contributed by atoms with Crippen LogP contribution in [-0.4, -0.2) is 43.7 Å². The fourth-order valence-electron chi connectivity index (χ4n) is 10.9. The first kappa shape index (κ1) is 29.8. The maximum Gasteiger partial charge on any atom is 0.00191 e. The van der Waals surface area contributed by atoms with E-state index in [-0.39, 0.29) is 7.92 Å². The molecule has 6 aliphatic rings. The topological polar surface area (TPSA) is 24.1 Å². The summed E-state index contributed by atoms with van der Waals surface area (Å²) in [4.78, 5) is 0. The van der Waals surface area contributed by atoms with Gasteiger partial charge in [-0.15, -0.1) is 9.24 Å². The van der Waals surface area contributed by atoms with Gasteiger partial charge in [0.25, 0.3) is 0 Å². The van der Waals surface area contributed by atoms with Gasteiger partial charge in [-0.05, 0) is 169 Å². The summed E-state index contributed by atoms with van der Waals surface area (Å²) >= 11 is 0. The summed E-state index contributed by atoms with van der Waals surface area (Å²) in [5, 5.41) is 7.68. The van der Waals surface area contributed by atoms with Crippen LogP contribution in [0, 0.1) is 23.7 Å². The molecule has 4 aliphatic carbocycles. The number of hydrogen-bond donors (Lipinski definition) is 2. The quantitative estimate of drug-likeness (QED) is 0.245. The lowest BCUT2D eigenvalue weighted by molar-refractivity contribution is -0.0520. The predicted octanol–water partition coefficient (Wildman–Crippen LogP) is 9.08. The molecular weight excluding hydrogens is 570 g/mol. The first-order valence-electron chi connectivity index (χ1n) is 17.9. The highest BCUT2D eigenvalue weighted by Gasteiger charge is 2.57. The molecule has 0 radical (unpaired) electrons.